The van der Waals surface area contributed by atoms with Crippen LogP contribution in [0.4, 0.5) is 10.2 Å². The highest BCUT2D eigenvalue weighted by molar-refractivity contribution is 5.82. The van der Waals surface area contributed by atoms with Crippen molar-refractivity contribution in [1.29, 1.82) is 0 Å². The van der Waals surface area contributed by atoms with Crippen LogP contribution in [0.2, 0.25) is 0 Å². The first-order valence-electron chi connectivity index (χ1n) is 5.03. The van der Waals surface area contributed by atoms with Gasteiger partial charge in [-0.05, 0) is 18.4 Å². The topological polar surface area (TPSA) is 80.9 Å². The monoisotopic (exact) mass is 226 g/mol. The Labute approximate surface area is 93.3 Å². The Morgan fingerprint density at radius 1 is 1.62 bits per heavy atom. The van der Waals surface area contributed by atoms with Gasteiger partial charge in [0, 0.05) is 6.20 Å². The molecule has 16 heavy (non-hydrogen) atoms. The lowest BCUT2D eigenvalue weighted by molar-refractivity contribution is -0.119. The van der Waals surface area contributed by atoms with Gasteiger partial charge in [0.25, 0.3) is 0 Å². The van der Waals surface area contributed by atoms with Gasteiger partial charge in [0.05, 0.1) is 0 Å². The van der Waals surface area contributed by atoms with Crippen LogP contribution in [0.3, 0.4) is 0 Å². The Kier molecular flexibility index (Phi) is 4.16. The number of nitrogens with one attached hydrogen (secondary N) is 1. The zero-order valence-corrected chi connectivity index (χ0v) is 9.27. The molecule has 3 N–H and O–H groups in total. The number of carbonyl (C=O) groups excluding carboxylic acids is 1. The Bertz CT molecular complexity index is 370. The van der Waals surface area contributed by atoms with Crippen molar-refractivity contribution >= 4 is 11.7 Å². The average Bonchev–Trinajstić information content (AvgIpc) is 2.15. The molecule has 0 bridgehead atoms. The van der Waals surface area contributed by atoms with Crippen molar-refractivity contribution in [1.82, 2.24) is 9.97 Å². The van der Waals surface area contributed by atoms with Crippen LogP contribution in [0.1, 0.15) is 20.3 Å². The first kappa shape index (κ1) is 12.4. The van der Waals surface area contributed by atoms with Gasteiger partial charge >= 0.3 is 6.08 Å². The third kappa shape index (κ3) is 3.80. The van der Waals surface area contributed by atoms with Crippen molar-refractivity contribution in [2.45, 2.75) is 26.3 Å². The molecule has 1 aromatic rings. The van der Waals surface area contributed by atoms with Gasteiger partial charge in [-0.1, -0.05) is 13.8 Å². The number of primary amides is 1. The molecule has 1 heterocycles. The molecule has 0 unspecified atom stereocenters. The van der Waals surface area contributed by atoms with Gasteiger partial charge < -0.3 is 11.1 Å². The van der Waals surface area contributed by atoms with Crippen molar-refractivity contribution in [2.24, 2.45) is 11.7 Å². The van der Waals surface area contributed by atoms with Gasteiger partial charge in [0.1, 0.15) is 11.9 Å². The highest BCUT2D eigenvalue weighted by atomic mass is 19.1. The Hall–Kier alpha value is -1.72. The number of hydrogen-bond acceptors (Lipinski definition) is 4. The number of nitrogens with two attached hydrogens (primary N) is 1. The molecule has 0 saturated heterocycles. The fourth-order valence-corrected chi connectivity index (χ4v) is 1.31. The van der Waals surface area contributed by atoms with E-state index in [0.29, 0.717) is 12.3 Å². The van der Waals surface area contributed by atoms with Crippen LogP contribution in [-0.2, 0) is 4.79 Å². The molecular weight excluding hydrogens is 211 g/mol. The smallest absolute Gasteiger partial charge is 0.310 e. The van der Waals surface area contributed by atoms with E-state index in [1.807, 2.05) is 13.8 Å². The molecule has 0 fully saturated rings. The van der Waals surface area contributed by atoms with Crippen LogP contribution in [0.25, 0.3) is 0 Å². The van der Waals surface area contributed by atoms with E-state index in [1.165, 1.54) is 12.3 Å². The van der Waals surface area contributed by atoms with Crippen LogP contribution < -0.4 is 11.1 Å². The van der Waals surface area contributed by atoms with Crippen LogP contribution >= 0.6 is 0 Å². The second-order valence-corrected chi connectivity index (χ2v) is 3.94. The molecule has 0 aromatic carbocycles. The molecule has 1 amide bonds. The van der Waals surface area contributed by atoms with Crippen LogP contribution in [0.5, 0.6) is 0 Å². The molecule has 0 aliphatic heterocycles. The molecule has 0 saturated carbocycles. The molecule has 88 valence electrons. The highest BCUT2D eigenvalue weighted by Crippen LogP contribution is 2.10. The second-order valence-electron chi connectivity index (χ2n) is 3.94. The summed E-state index contributed by atoms with van der Waals surface area (Å²) in [6, 6.07) is 0.939. The lowest BCUT2D eigenvalue weighted by Gasteiger charge is -2.17. The van der Waals surface area contributed by atoms with Gasteiger partial charge in [0.2, 0.25) is 5.91 Å². The Morgan fingerprint density at radius 3 is 2.81 bits per heavy atom. The second kappa shape index (κ2) is 5.39. The number of amides is 1. The maximum Gasteiger partial charge on any atom is 0.310 e. The van der Waals surface area contributed by atoms with Crippen molar-refractivity contribution in [2.75, 3.05) is 5.32 Å². The zero-order chi connectivity index (χ0) is 12.1. The number of hydrogen-bond donors (Lipinski definition) is 2. The summed E-state index contributed by atoms with van der Waals surface area (Å²) < 4.78 is 12.7. The van der Waals surface area contributed by atoms with Gasteiger partial charge in [0.15, 0.2) is 0 Å². The van der Waals surface area contributed by atoms with Crippen molar-refractivity contribution in [3.05, 3.63) is 18.3 Å². The lowest BCUT2D eigenvalue weighted by Crippen LogP contribution is -2.36. The fourth-order valence-electron chi connectivity index (χ4n) is 1.31. The number of halogens is 1. The molecular formula is C10H15FN4O. The zero-order valence-electron chi connectivity index (χ0n) is 9.27. The van der Waals surface area contributed by atoms with E-state index >= 15 is 0 Å². The number of aromatic nitrogens is 2. The lowest BCUT2D eigenvalue weighted by atomic mass is 10.0. The van der Waals surface area contributed by atoms with Crippen LogP contribution in [-0.4, -0.2) is 21.9 Å². The third-order valence-corrected chi connectivity index (χ3v) is 2.00. The van der Waals surface area contributed by atoms with Crippen LogP contribution in [0, 0.1) is 12.0 Å². The molecule has 0 aliphatic carbocycles. The number of carbonyl (C=O) groups is 1. The normalized spacial score (nSPS) is 12.5. The molecule has 1 rings (SSSR count). The summed E-state index contributed by atoms with van der Waals surface area (Å²) in [5, 5.41) is 2.78. The van der Waals surface area contributed by atoms with Gasteiger partial charge in [-0.15, -0.1) is 0 Å². The molecule has 0 aliphatic rings. The maximum absolute atomic E-state index is 12.7. The Balaban J connectivity index is 2.71. The molecule has 1 atom stereocenters. The SMILES string of the molecule is CC(C)C[C@H](Nc1ccnc(F)n1)C(N)=O. The predicted molar refractivity (Wildman–Crippen MR) is 58.1 cm³/mol. The fraction of sp³-hybridized carbons (Fsp3) is 0.500. The summed E-state index contributed by atoms with van der Waals surface area (Å²) in [6.07, 6.45) is 1.01. The molecule has 1 aromatic heterocycles. The Morgan fingerprint density at radius 2 is 2.31 bits per heavy atom. The number of anilines is 1. The minimum atomic E-state index is -0.835. The predicted octanol–water partition coefficient (Wildman–Crippen LogP) is 0.928. The van der Waals surface area contributed by atoms with E-state index in [4.69, 9.17) is 5.73 Å². The first-order valence-corrected chi connectivity index (χ1v) is 5.03. The van der Waals surface area contributed by atoms with Crippen molar-refractivity contribution < 1.29 is 9.18 Å². The summed E-state index contributed by atoms with van der Waals surface area (Å²) in [5.74, 6) is 0.0846. The van der Waals surface area contributed by atoms with E-state index < -0.39 is 18.0 Å². The minimum Gasteiger partial charge on any atom is -0.368 e. The maximum atomic E-state index is 12.7. The van der Waals surface area contributed by atoms with Gasteiger partial charge in [-0.2, -0.15) is 9.37 Å². The highest BCUT2D eigenvalue weighted by Gasteiger charge is 2.17. The third-order valence-electron chi connectivity index (χ3n) is 2.00. The summed E-state index contributed by atoms with van der Waals surface area (Å²) in [6.45, 7) is 3.94. The van der Waals surface area contributed by atoms with E-state index in [0.717, 1.165) is 0 Å². The van der Waals surface area contributed by atoms with E-state index in [-0.39, 0.29) is 5.82 Å². The van der Waals surface area contributed by atoms with Crippen molar-refractivity contribution in [3.8, 4) is 0 Å². The summed E-state index contributed by atoms with van der Waals surface area (Å²) in [4.78, 5) is 18.0. The van der Waals surface area contributed by atoms with Gasteiger partial charge in [-0.25, -0.2) is 4.98 Å². The quantitative estimate of drug-likeness (QED) is 0.732. The van der Waals surface area contributed by atoms with E-state index in [9.17, 15) is 9.18 Å². The number of nitrogens with zero attached hydrogens (tertiary/aromatic N) is 2. The van der Waals surface area contributed by atoms with E-state index in [2.05, 4.69) is 15.3 Å². The summed E-state index contributed by atoms with van der Waals surface area (Å²) >= 11 is 0. The molecule has 5 nitrogen and oxygen atoms in total. The summed E-state index contributed by atoms with van der Waals surface area (Å²) in [5.41, 5.74) is 5.23. The number of rotatable bonds is 5. The standard InChI is InChI=1S/C10H15FN4O/c1-6(2)5-7(9(12)16)14-8-3-4-13-10(11)15-8/h3-4,6-7H,5H2,1-2H3,(H2,12,16)(H,13,14,15)/t7-/m0/s1. The average molecular weight is 226 g/mol. The first-order chi connectivity index (χ1) is 7.49. The van der Waals surface area contributed by atoms with Crippen LogP contribution in [0.15, 0.2) is 12.3 Å². The minimum absolute atomic E-state index is 0.261. The molecule has 0 spiro atoms. The largest absolute Gasteiger partial charge is 0.368 e. The van der Waals surface area contributed by atoms with E-state index in [1.54, 1.807) is 0 Å². The molecule has 6 heteroatoms. The van der Waals surface area contributed by atoms with Gasteiger partial charge in [-0.3, -0.25) is 4.79 Å². The molecule has 0 radical (unpaired) electrons. The van der Waals surface area contributed by atoms with Crippen molar-refractivity contribution in [3.63, 3.8) is 0 Å². The summed E-state index contributed by atoms with van der Waals surface area (Å²) in [7, 11) is 0.